The van der Waals surface area contributed by atoms with Crippen LogP contribution in [0.4, 0.5) is 11.4 Å². The van der Waals surface area contributed by atoms with Gasteiger partial charge in [0.15, 0.2) is 0 Å². The normalized spacial score (nSPS) is 11.4. The van der Waals surface area contributed by atoms with E-state index in [1.54, 1.807) is 24.3 Å². The van der Waals surface area contributed by atoms with E-state index >= 15 is 0 Å². The predicted octanol–water partition coefficient (Wildman–Crippen LogP) is 7.01. The van der Waals surface area contributed by atoms with Crippen LogP contribution in [0.25, 0.3) is 22.5 Å². The molecule has 4 aromatic rings. The minimum absolute atomic E-state index is 0.181. The van der Waals surface area contributed by atoms with Crippen molar-refractivity contribution in [1.82, 2.24) is 9.97 Å². The Morgan fingerprint density at radius 3 is 1.09 bits per heavy atom. The monoisotopic (exact) mass is 802 g/mol. The first-order valence-corrected chi connectivity index (χ1v) is 18.9. The number of hydrogen-bond donors (Lipinski definition) is 2. The van der Waals surface area contributed by atoms with Crippen LogP contribution in [0.3, 0.4) is 0 Å². The van der Waals surface area contributed by atoms with Gasteiger partial charge in [-0.1, -0.05) is 0 Å². The zero-order valence-electron chi connectivity index (χ0n) is 36.6. The minimum atomic E-state index is -0.671. The smallest absolute Gasteiger partial charge is 0.346 e. The summed E-state index contributed by atoms with van der Waals surface area (Å²) < 4.78 is 33.4. The number of carbonyl (C=O) groups excluding carboxylic acids is 2. The van der Waals surface area contributed by atoms with Gasteiger partial charge < -0.3 is 49.7 Å². The summed E-state index contributed by atoms with van der Waals surface area (Å²) in [6.07, 6.45) is 3.62. The van der Waals surface area contributed by atoms with E-state index < -0.39 is 23.1 Å². The molecule has 0 spiro atoms. The van der Waals surface area contributed by atoms with E-state index in [2.05, 4.69) is 9.80 Å². The van der Waals surface area contributed by atoms with Crippen molar-refractivity contribution < 1.29 is 38.0 Å². The molecule has 0 aliphatic heterocycles. The van der Waals surface area contributed by atoms with E-state index in [0.29, 0.717) is 54.0 Å². The molecule has 0 bridgehead atoms. The average molecular weight is 803 g/mol. The summed E-state index contributed by atoms with van der Waals surface area (Å²) in [5.74, 6) is 0.310. The fourth-order valence-corrected chi connectivity index (χ4v) is 5.30. The van der Waals surface area contributed by atoms with Gasteiger partial charge in [-0.25, -0.2) is 9.59 Å². The summed E-state index contributed by atoms with van der Waals surface area (Å²) in [5, 5.41) is 0. The zero-order valence-corrected chi connectivity index (χ0v) is 36.6. The van der Waals surface area contributed by atoms with E-state index in [9.17, 15) is 9.59 Å². The van der Waals surface area contributed by atoms with E-state index in [0.717, 1.165) is 22.5 Å². The van der Waals surface area contributed by atoms with E-state index in [1.165, 1.54) is 28.4 Å². The molecule has 0 fully saturated rings. The molecule has 2 heterocycles. The Morgan fingerprint density at radius 2 is 0.879 bits per heavy atom. The number of esters is 2. The SMILES string of the molecule is CC(C)(N)CN.COc1cc(-c2ccc(N(C)CCN(C)c3ccc(-c4cc(OC)c(C(=O)OC(C)(C)C)c(OC)c4)nc3)cn2)cc(OC)c1C(=O)OC(C)(C)C. The number of nitrogens with two attached hydrogens (primary N) is 2. The van der Waals surface area contributed by atoms with Gasteiger partial charge in [0.05, 0.1) is 63.6 Å². The molecule has 0 unspecified atom stereocenters. The number of likely N-dealkylation sites (N-methyl/N-ethyl adjacent to an activating group) is 2. The lowest BCUT2D eigenvalue weighted by Crippen LogP contribution is -2.40. The molecule has 0 amide bonds. The molecule has 4 N–H and O–H groups in total. The third-order valence-electron chi connectivity index (χ3n) is 8.48. The molecule has 14 heteroatoms. The number of benzene rings is 2. The maximum Gasteiger partial charge on any atom is 0.346 e. The van der Waals surface area contributed by atoms with Crippen LogP contribution in [0.15, 0.2) is 60.9 Å². The molecular weight excluding hydrogens is 741 g/mol. The van der Waals surface area contributed by atoms with E-state index in [-0.39, 0.29) is 16.7 Å². The molecule has 316 valence electrons. The first-order chi connectivity index (χ1) is 27.0. The van der Waals surface area contributed by atoms with Crippen LogP contribution in [0, 0.1) is 0 Å². The molecule has 14 nitrogen and oxygen atoms in total. The first-order valence-electron chi connectivity index (χ1n) is 18.9. The van der Waals surface area contributed by atoms with Crippen LogP contribution in [-0.2, 0) is 9.47 Å². The number of nitrogens with zero attached hydrogens (tertiary/aromatic N) is 4. The second-order valence-electron chi connectivity index (χ2n) is 16.4. The van der Waals surface area contributed by atoms with Gasteiger partial charge in [0.2, 0.25) is 0 Å². The largest absolute Gasteiger partial charge is 0.496 e. The summed E-state index contributed by atoms with van der Waals surface area (Å²) in [5.41, 5.74) is 14.3. The van der Waals surface area contributed by atoms with Gasteiger partial charge in [0.1, 0.15) is 45.3 Å². The molecule has 0 atom stereocenters. The van der Waals surface area contributed by atoms with Crippen molar-refractivity contribution in [3.63, 3.8) is 0 Å². The summed E-state index contributed by atoms with van der Waals surface area (Å²) in [7, 11) is 10.0. The maximum absolute atomic E-state index is 12.9. The minimum Gasteiger partial charge on any atom is -0.496 e. The van der Waals surface area contributed by atoms with Gasteiger partial charge in [-0.2, -0.15) is 0 Å². The Hall–Kier alpha value is -5.60. The second kappa shape index (κ2) is 19.7. The third kappa shape index (κ3) is 13.2. The van der Waals surface area contributed by atoms with Crippen molar-refractivity contribution in [2.75, 3.05) is 72.0 Å². The van der Waals surface area contributed by atoms with Crippen molar-refractivity contribution in [2.45, 2.75) is 72.1 Å². The van der Waals surface area contributed by atoms with Crippen molar-refractivity contribution in [2.24, 2.45) is 11.5 Å². The lowest BCUT2D eigenvalue weighted by Gasteiger charge is -2.25. The number of carbonyl (C=O) groups is 2. The molecule has 58 heavy (non-hydrogen) atoms. The van der Waals surface area contributed by atoms with E-state index in [1.807, 2.05) is 106 Å². The van der Waals surface area contributed by atoms with Gasteiger partial charge >= 0.3 is 11.9 Å². The standard InChI is InChI=1S/C40H50N4O8.C4H12N2/c1-39(2,3)51-37(45)35-31(47-9)19-25(20-32(35)48-10)29-15-13-27(23-41-29)43(7)17-18-44(8)28-14-16-30(42-24-28)26-21-33(49-11)36(34(22-26)50-12)38(46)52-40(4,5)6;1-4(2,6)3-5/h13-16,19-24H,17-18H2,1-12H3;3,5-6H2,1-2H3. The molecule has 0 aliphatic carbocycles. The number of ether oxygens (including phenoxy) is 6. The molecule has 2 aromatic carbocycles. The average Bonchev–Trinajstić information content (AvgIpc) is 3.17. The zero-order chi connectivity index (χ0) is 43.6. The Bertz CT molecular complexity index is 1790. The summed E-state index contributed by atoms with van der Waals surface area (Å²) in [4.78, 5) is 39.5. The number of aromatic nitrogens is 2. The summed E-state index contributed by atoms with van der Waals surface area (Å²) in [6, 6.07) is 14.9. The highest BCUT2D eigenvalue weighted by atomic mass is 16.6. The number of pyridine rings is 2. The van der Waals surface area contributed by atoms with Crippen LogP contribution in [0.1, 0.15) is 76.1 Å². The van der Waals surface area contributed by atoms with Crippen LogP contribution < -0.4 is 40.2 Å². The molecule has 0 saturated heterocycles. The Morgan fingerprint density at radius 1 is 0.586 bits per heavy atom. The Labute approximate surface area is 343 Å². The number of methoxy groups -OCH3 is 4. The quantitative estimate of drug-likeness (QED) is 0.125. The maximum atomic E-state index is 12.9. The fourth-order valence-electron chi connectivity index (χ4n) is 5.30. The third-order valence-corrected chi connectivity index (χ3v) is 8.48. The van der Waals surface area contributed by atoms with Crippen molar-refractivity contribution in [1.29, 1.82) is 0 Å². The van der Waals surface area contributed by atoms with Gasteiger partial charge in [-0.05, 0) is 104 Å². The number of hydrogen-bond acceptors (Lipinski definition) is 14. The predicted molar refractivity (Wildman–Crippen MR) is 230 cm³/mol. The van der Waals surface area contributed by atoms with Crippen LogP contribution >= 0.6 is 0 Å². The number of anilines is 2. The summed E-state index contributed by atoms with van der Waals surface area (Å²) in [6.45, 7) is 16.6. The summed E-state index contributed by atoms with van der Waals surface area (Å²) >= 11 is 0. The highest BCUT2D eigenvalue weighted by Crippen LogP contribution is 2.38. The molecular formula is C44H62N6O8. The van der Waals surface area contributed by atoms with Gasteiger partial charge in [-0.3, -0.25) is 9.97 Å². The lowest BCUT2D eigenvalue weighted by molar-refractivity contribution is 0.00502. The Kier molecular flexibility index (Phi) is 15.9. The second-order valence-corrected chi connectivity index (χ2v) is 16.4. The number of rotatable bonds is 14. The van der Waals surface area contributed by atoms with Crippen molar-refractivity contribution in [3.05, 3.63) is 72.1 Å². The van der Waals surface area contributed by atoms with Gasteiger partial charge in [0, 0.05) is 50.4 Å². The van der Waals surface area contributed by atoms with Crippen molar-refractivity contribution in [3.8, 4) is 45.5 Å². The fraction of sp³-hybridized carbons (Fsp3) is 0.455. The lowest BCUT2D eigenvalue weighted by atomic mass is 10.0. The van der Waals surface area contributed by atoms with Crippen LogP contribution in [0.5, 0.6) is 23.0 Å². The van der Waals surface area contributed by atoms with Crippen LogP contribution in [-0.4, -0.2) is 101 Å². The van der Waals surface area contributed by atoms with Gasteiger partial charge in [-0.15, -0.1) is 0 Å². The first kappa shape index (κ1) is 46.8. The topological polar surface area (TPSA) is 174 Å². The van der Waals surface area contributed by atoms with E-state index in [4.69, 9.17) is 49.9 Å². The van der Waals surface area contributed by atoms with Crippen molar-refractivity contribution >= 4 is 23.3 Å². The molecule has 0 aliphatic rings. The highest BCUT2D eigenvalue weighted by Gasteiger charge is 2.28. The Balaban J connectivity index is 0.00000139. The molecule has 4 rings (SSSR count). The van der Waals surface area contributed by atoms with Gasteiger partial charge in [0.25, 0.3) is 0 Å². The van der Waals surface area contributed by atoms with Crippen LogP contribution in [0.2, 0.25) is 0 Å². The highest BCUT2D eigenvalue weighted by molar-refractivity contribution is 5.98. The molecule has 0 radical (unpaired) electrons. The molecule has 2 aromatic heterocycles. The molecule has 0 saturated carbocycles.